The lowest BCUT2D eigenvalue weighted by Gasteiger charge is -2.08. The minimum atomic E-state index is -0.558. The van der Waals surface area contributed by atoms with E-state index in [1.54, 1.807) is 25.1 Å². The summed E-state index contributed by atoms with van der Waals surface area (Å²) >= 11 is 0. The van der Waals surface area contributed by atoms with Gasteiger partial charge in [0, 0.05) is 12.5 Å². The van der Waals surface area contributed by atoms with Crippen LogP contribution in [-0.2, 0) is 6.42 Å². The molecule has 2 heterocycles. The summed E-state index contributed by atoms with van der Waals surface area (Å²) in [6.45, 7) is 3.91. The highest BCUT2D eigenvalue weighted by molar-refractivity contribution is 6.06. The maximum absolute atomic E-state index is 13.0. The van der Waals surface area contributed by atoms with E-state index >= 15 is 0 Å². The second-order valence-corrected chi connectivity index (χ2v) is 6.48. The highest BCUT2D eigenvalue weighted by atomic mass is 19.1. The van der Waals surface area contributed by atoms with Crippen molar-refractivity contribution in [1.82, 2.24) is 0 Å². The second-order valence-electron chi connectivity index (χ2n) is 6.48. The number of benzene rings is 1. The molecule has 6 heteroatoms. The van der Waals surface area contributed by atoms with Crippen LogP contribution >= 0.6 is 0 Å². The van der Waals surface area contributed by atoms with Gasteiger partial charge in [0.25, 0.3) is 5.78 Å². The van der Waals surface area contributed by atoms with Gasteiger partial charge in [0.05, 0.1) is 6.61 Å². The van der Waals surface area contributed by atoms with Gasteiger partial charge in [-0.2, -0.15) is 0 Å². The first kappa shape index (κ1) is 19.6. The number of hydrogen-bond donors (Lipinski definition) is 0. The van der Waals surface area contributed by atoms with Crippen LogP contribution in [0.5, 0.6) is 5.75 Å². The molecule has 0 aliphatic heterocycles. The molecule has 2 aromatic heterocycles. The number of aryl methyl sites for hydroxylation is 1. The van der Waals surface area contributed by atoms with Gasteiger partial charge in [-0.05, 0) is 43.2 Å². The van der Waals surface area contributed by atoms with Gasteiger partial charge in [-0.25, -0.2) is 4.39 Å². The van der Waals surface area contributed by atoms with Crippen LogP contribution in [-0.4, -0.2) is 12.4 Å². The van der Waals surface area contributed by atoms with Crippen LogP contribution < -0.4 is 10.2 Å². The number of carbonyl (C=O) groups is 1. The molecule has 0 radical (unpaired) electrons. The van der Waals surface area contributed by atoms with E-state index < -0.39 is 11.2 Å². The molecule has 0 saturated heterocycles. The highest BCUT2D eigenvalue weighted by Crippen LogP contribution is 2.22. The minimum Gasteiger partial charge on any atom is -0.486 e. The Labute approximate surface area is 161 Å². The number of ketones is 1. The van der Waals surface area contributed by atoms with Gasteiger partial charge in [0.15, 0.2) is 5.76 Å². The Bertz CT molecular complexity index is 1010. The van der Waals surface area contributed by atoms with Crippen LogP contribution in [0.1, 0.15) is 53.2 Å². The maximum atomic E-state index is 13.0. The fourth-order valence-electron chi connectivity index (χ4n) is 2.71. The Hall–Kier alpha value is -3.15. The smallest absolute Gasteiger partial charge is 0.267 e. The van der Waals surface area contributed by atoms with E-state index in [2.05, 4.69) is 0 Å². The normalized spacial score (nSPS) is 10.8. The summed E-state index contributed by atoms with van der Waals surface area (Å²) in [4.78, 5) is 25.1. The van der Waals surface area contributed by atoms with Crippen LogP contribution in [0.3, 0.4) is 0 Å². The van der Waals surface area contributed by atoms with Crippen LogP contribution in [0.4, 0.5) is 4.39 Å². The van der Waals surface area contributed by atoms with Crippen LogP contribution in [0.15, 0.2) is 56.1 Å². The molecule has 0 unspecified atom stereocenters. The highest BCUT2D eigenvalue weighted by Gasteiger charge is 2.24. The summed E-state index contributed by atoms with van der Waals surface area (Å²) in [6.07, 6.45) is 2.06. The first-order valence-corrected chi connectivity index (χ1v) is 9.13. The van der Waals surface area contributed by atoms with Crippen molar-refractivity contribution in [2.24, 2.45) is 0 Å². The molecule has 3 rings (SSSR count). The molecule has 0 atom stereocenters. The average Bonchev–Trinajstić information content (AvgIpc) is 3.13. The molecular weight excluding hydrogens is 363 g/mol. The first-order chi connectivity index (χ1) is 13.5. The van der Waals surface area contributed by atoms with E-state index in [9.17, 15) is 14.0 Å². The lowest BCUT2D eigenvalue weighted by molar-refractivity contribution is 0.0970. The number of furan rings is 1. The fraction of sp³-hybridized carbons (Fsp3) is 0.273. The van der Waals surface area contributed by atoms with E-state index in [0.717, 1.165) is 18.4 Å². The van der Waals surface area contributed by atoms with Crippen molar-refractivity contribution >= 4 is 5.78 Å². The number of ether oxygens (including phenoxy) is 1. The Morgan fingerprint density at radius 3 is 2.57 bits per heavy atom. The quantitative estimate of drug-likeness (QED) is 0.417. The molecule has 0 aliphatic carbocycles. The van der Waals surface area contributed by atoms with Gasteiger partial charge < -0.3 is 13.6 Å². The molecule has 3 aromatic rings. The molecule has 0 amide bonds. The molecule has 5 nitrogen and oxygen atoms in total. The van der Waals surface area contributed by atoms with Crippen LogP contribution in [0.2, 0.25) is 0 Å². The fourth-order valence-corrected chi connectivity index (χ4v) is 2.71. The van der Waals surface area contributed by atoms with Gasteiger partial charge >= 0.3 is 0 Å². The standard InChI is InChI=1S/C22H21FO5/c1-3-4-11-26-21-18(24)12-14(2)27-22(21)20(25)19-10-9-17(28-19)13-15-5-7-16(23)8-6-15/h5-10,12H,3-4,11,13H2,1-2H3. The molecule has 146 valence electrons. The summed E-state index contributed by atoms with van der Waals surface area (Å²) in [7, 11) is 0. The lowest BCUT2D eigenvalue weighted by atomic mass is 10.1. The summed E-state index contributed by atoms with van der Waals surface area (Å²) in [5.41, 5.74) is 0.446. The number of halogens is 1. The van der Waals surface area contributed by atoms with Crippen molar-refractivity contribution in [2.75, 3.05) is 6.61 Å². The molecule has 0 saturated carbocycles. The van der Waals surface area contributed by atoms with E-state index in [1.165, 1.54) is 24.3 Å². The molecule has 1 aromatic carbocycles. The predicted molar refractivity (Wildman–Crippen MR) is 101 cm³/mol. The molecule has 0 aliphatic rings. The van der Waals surface area contributed by atoms with E-state index in [1.807, 2.05) is 6.92 Å². The Balaban J connectivity index is 1.85. The van der Waals surface area contributed by atoms with Crippen molar-refractivity contribution in [3.05, 3.63) is 87.1 Å². The largest absolute Gasteiger partial charge is 0.486 e. The number of unbranched alkanes of at least 4 members (excludes halogenated alkanes) is 1. The maximum Gasteiger partial charge on any atom is 0.267 e. The lowest BCUT2D eigenvalue weighted by Crippen LogP contribution is -2.15. The first-order valence-electron chi connectivity index (χ1n) is 9.13. The zero-order valence-corrected chi connectivity index (χ0v) is 15.8. The minimum absolute atomic E-state index is 0.0474. The van der Waals surface area contributed by atoms with Crippen molar-refractivity contribution in [3.8, 4) is 5.75 Å². The number of hydrogen-bond acceptors (Lipinski definition) is 5. The Kier molecular flexibility index (Phi) is 6.09. The van der Waals surface area contributed by atoms with Gasteiger partial charge in [-0.15, -0.1) is 0 Å². The topological polar surface area (TPSA) is 69.7 Å². The van der Waals surface area contributed by atoms with Crippen molar-refractivity contribution < 1.29 is 22.8 Å². The zero-order chi connectivity index (χ0) is 20.1. The number of carbonyl (C=O) groups excluding carboxylic acids is 1. The van der Waals surface area contributed by atoms with Gasteiger partial charge in [0.2, 0.25) is 16.9 Å². The van der Waals surface area contributed by atoms with E-state index in [0.29, 0.717) is 24.5 Å². The van der Waals surface area contributed by atoms with Crippen LogP contribution in [0, 0.1) is 12.7 Å². The summed E-state index contributed by atoms with van der Waals surface area (Å²) in [5, 5.41) is 0. The second kappa shape index (κ2) is 8.69. The third-order valence-corrected chi connectivity index (χ3v) is 4.16. The molecule has 0 N–H and O–H groups in total. The third kappa shape index (κ3) is 4.57. The number of rotatable bonds is 8. The van der Waals surface area contributed by atoms with Crippen LogP contribution in [0.25, 0.3) is 0 Å². The predicted octanol–water partition coefficient (Wildman–Crippen LogP) is 4.68. The van der Waals surface area contributed by atoms with E-state index in [-0.39, 0.29) is 23.1 Å². The molecule has 0 bridgehead atoms. The molecule has 0 spiro atoms. The SMILES string of the molecule is CCCCOc1c(C(=O)c2ccc(Cc3ccc(F)cc3)o2)oc(C)cc1=O. The Morgan fingerprint density at radius 2 is 1.86 bits per heavy atom. The third-order valence-electron chi connectivity index (χ3n) is 4.16. The van der Waals surface area contributed by atoms with Gasteiger partial charge in [-0.3, -0.25) is 9.59 Å². The monoisotopic (exact) mass is 384 g/mol. The summed E-state index contributed by atoms with van der Waals surface area (Å²) in [6, 6.07) is 10.5. The van der Waals surface area contributed by atoms with Crippen molar-refractivity contribution in [1.29, 1.82) is 0 Å². The Morgan fingerprint density at radius 1 is 1.11 bits per heavy atom. The average molecular weight is 384 g/mol. The zero-order valence-electron chi connectivity index (χ0n) is 15.8. The molecule has 0 fully saturated rings. The van der Waals surface area contributed by atoms with Crippen molar-refractivity contribution in [3.63, 3.8) is 0 Å². The summed E-state index contributed by atoms with van der Waals surface area (Å²) < 4.78 is 29.7. The molecular formula is C22H21FO5. The van der Waals surface area contributed by atoms with Gasteiger partial charge in [0.1, 0.15) is 17.3 Å². The van der Waals surface area contributed by atoms with E-state index in [4.69, 9.17) is 13.6 Å². The van der Waals surface area contributed by atoms with Gasteiger partial charge in [-0.1, -0.05) is 25.5 Å². The van der Waals surface area contributed by atoms with Crippen molar-refractivity contribution in [2.45, 2.75) is 33.1 Å². The summed E-state index contributed by atoms with van der Waals surface area (Å²) in [5.74, 6) is -0.231. The molecule has 28 heavy (non-hydrogen) atoms.